The highest BCUT2D eigenvalue weighted by atomic mass is 32.1. The normalized spacial score (nSPS) is 13.8. The van der Waals surface area contributed by atoms with E-state index in [0.717, 1.165) is 43.9 Å². The quantitative estimate of drug-likeness (QED) is 0.418. The summed E-state index contributed by atoms with van der Waals surface area (Å²) >= 11 is 1.66. The predicted molar refractivity (Wildman–Crippen MR) is 130 cm³/mol. The number of methoxy groups -OCH3 is 1. The van der Waals surface area contributed by atoms with E-state index < -0.39 is 0 Å². The molecule has 1 unspecified atom stereocenters. The molecule has 0 fully saturated rings. The number of nitrogens with zero attached hydrogens (tertiary/aromatic N) is 3. The molecule has 0 aliphatic carbocycles. The minimum absolute atomic E-state index is 0.0591. The topological polar surface area (TPSA) is 94.0 Å². The number of carbonyl (C=O) groups excluding carboxylic acids is 1. The fourth-order valence-electron chi connectivity index (χ4n) is 4.48. The molecule has 2 aromatic heterocycles. The Morgan fingerprint density at radius 2 is 2.21 bits per heavy atom. The van der Waals surface area contributed by atoms with Crippen LogP contribution in [0, 0.1) is 17.2 Å². The third kappa shape index (κ3) is 3.65. The lowest BCUT2D eigenvalue weighted by Gasteiger charge is -2.18. The molecular weight excluding hydrogens is 434 g/mol. The number of benzene rings is 2. The Bertz CT molecular complexity index is 1370. The van der Waals surface area contributed by atoms with Crippen molar-refractivity contribution < 1.29 is 9.53 Å². The van der Waals surface area contributed by atoms with Crippen molar-refractivity contribution in [2.24, 2.45) is 5.92 Å². The van der Waals surface area contributed by atoms with Gasteiger partial charge >= 0.3 is 0 Å². The third-order valence-corrected chi connectivity index (χ3v) is 6.93. The lowest BCUT2D eigenvalue weighted by molar-refractivity contribution is 0.0731. The lowest BCUT2D eigenvalue weighted by Crippen LogP contribution is -2.31. The van der Waals surface area contributed by atoms with Gasteiger partial charge < -0.3 is 15.0 Å². The van der Waals surface area contributed by atoms with Crippen LogP contribution in [-0.2, 0) is 11.3 Å². The number of aromatic amines is 1. The molecule has 33 heavy (non-hydrogen) atoms. The second-order valence-electron chi connectivity index (χ2n) is 8.04. The maximum atomic E-state index is 13.3. The predicted octanol–water partition coefficient (Wildman–Crippen LogP) is 4.74. The third-order valence-electron chi connectivity index (χ3n) is 6.05. The van der Waals surface area contributed by atoms with E-state index in [1.165, 1.54) is 0 Å². The number of hydrogen-bond donors (Lipinski definition) is 2. The molecule has 0 spiro atoms. The summed E-state index contributed by atoms with van der Waals surface area (Å²) in [5.74, 6) is -0.429. The summed E-state index contributed by atoms with van der Waals surface area (Å²) in [7, 11) is 3.39. The summed E-state index contributed by atoms with van der Waals surface area (Å²) < 4.78 is 5.15. The Balaban J connectivity index is 1.58. The number of anilines is 1. The number of nitrogens with one attached hydrogen (secondary N) is 2. The van der Waals surface area contributed by atoms with Gasteiger partial charge in [0.25, 0.3) is 5.91 Å². The maximum Gasteiger partial charge on any atom is 0.256 e. The summed E-state index contributed by atoms with van der Waals surface area (Å²) in [4.78, 5) is 16.2. The first-order chi connectivity index (χ1) is 16.1. The van der Waals surface area contributed by atoms with Crippen LogP contribution in [0.15, 0.2) is 47.8 Å². The molecule has 0 saturated carbocycles. The van der Waals surface area contributed by atoms with Crippen molar-refractivity contribution in [2.45, 2.75) is 6.54 Å². The molecule has 2 aromatic carbocycles. The number of fused-ring (bicyclic) bond motifs is 2. The molecule has 7 nitrogen and oxygen atoms in total. The summed E-state index contributed by atoms with van der Waals surface area (Å²) in [5, 5.41) is 23.3. The fourth-order valence-corrected chi connectivity index (χ4v) is 5.21. The first-order valence-corrected chi connectivity index (χ1v) is 11.6. The average Bonchev–Trinajstić information content (AvgIpc) is 3.57. The van der Waals surface area contributed by atoms with E-state index in [1.807, 2.05) is 30.6 Å². The van der Waals surface area contributed by atoms with Gasteiger partial charge in [0.2, 0.25) is 0 Å². The number of H-pyrrole nitrogens is 1. The van der Waals surface area contributed by atoms with Crippen LogP contribution in [0.1, 0.15) is 15.9 Å². The molecule has 8 heteroatoms. The highest BCUT2D eigenvalue weighted by Crippen LogP contribution is 2.39. The van der Waals surface area contributed by atoms with E-state index in [-0.39, 0.29) is 11.8 Å². The van der Waals surface area contributed by atoms with E-state index >= 15 is 0 Å². The van der Waals surface area contributed by atoms with Gasteiger partial charge in [-0.1, -0.05) is 18.2 Å². The molecule has 1 aliphatic heterocycles. The first kappa shape index (κ1) is 21.2. The van der Waals surface area contributed by atoms with Crippen LogP contribution >= 0.6 is 11.3 Å². The summed E-state index contributed by atoms with van der Waals surface area (Å²) in [6.45, 7) is 1.09. The smallest absolute Gasteiger partial charge is 0.256 e. The Morgan fingerprint density at radius 1 is 1.33 bits per heavy atom. The molecule has 1 amide bonds. The van der Waals surface area contributed by atoms with Crippen molar-refractivity contribution in [3.63, 3.8) is 0 Å². The largest absolute Gasteiger partial charge is 0.387 e. The highest BCUT2D eigenvalue weighted by Gasteiger charge is 2.33. The van der Waals surface area contributed by atoms with Crippen molar-refractivity contribution in [3.05, 3.63) is 59.0 Å². The number of amides is 1. The molecule has 0 bridgehead atoms. The van der Waals surface area contributed by atoms with Gasteiger partial charge in [0.15, 0.2) is 0 Å². The van der Waals surface area contributed by atoms with Gasteiger partial charge in [-0.2, -0.15) is 10.4 Å². The van der Waals surface area contributed by atoms with Crippen LogP contribution in [0.25, 0.3) is 32.6 Å². The maximum absolute atomic E-state index is 13.3. The number of aromatic nitrogens is 2. The van der Waals surface area contributed by atoms with Crippen molar-refractivity contribution in [2.75, 3.05) is 32.6 Å². The van der Waals surface area contributed by atoms with Crippen molar-refractivity contribution in [3.8, 4) is 27.8 Å². The summed E-state index contributed by atoms with van der Waals surface area (Å²) in [6.07, 6.45) is 0. The first-order valence-electron chi connectivity index (χ1n) is 10.7. The van der Waals surface area contributed by atoms with Crippen LogP contribution in [0.5, 0.6) is 0 Å². The zero-order chi connectivity index (χ0) is 22.9. The number of hydrogen-bond acceptors (Lipinski definition) is 6. The van der Waals surface area contributed by atoms with Crippen LogP contribution in [0.4, 0.5) is 5.69 Å². The van der Waals surface area contributed by atoms with Gasteiger partial charge in [0.05, 0.1) is 34.6 Å². The van der Waals surface area contributed by atoms with E-state index in [2.05, 4.69) is 45.8 Å². The van der Waals surface area contributed by atoms with Crippen LogP contribution in [0.3, 0.4) is 0 Å². The lowest BCUT2D eigenvalue weighted by atomic mass is 9.94. The monoisotopic (exact) mass is 457 g/mol. The zero-order valence-electron chi connectivity index (χ0n) is 18.4. The van der Waals surface area contributed by atoms with Crippen LogP contribution in [-0.4, -0.2) is 48.3 Å². The second kappa shape index (κ2) is 8.70. The molecule has 2 N–H and O–H groups in total. The molecule has 5 rings (SSSR count). The molecule has 166 valence electrons. The second-order valence-corrected chi connectivity index (χ2v) is 8.99. The van der Waals surface area contributed by atoms with Gasteiger partial charge in [0.1, 0.15) is 5.69 Å². The van der Waals surface area contributed by atoms with Crippen molar-refractivity contribution in [1.82, 2.24) is 15.1 Å². The molecular formula is C25H23N5O2S. The summed E-state index contributed by atoms with van der Waals surface area (Å²) in [6, 6.07) is 16.6. The van der Waals surface area contributed by atoms with E-state index in [0.29, 0.717) is 25.3 Å². The Labute approximate surface area is 195 Å². The fraction of sp³-hybridized carbons (Fsp3) is 0.240. The minimum atomic E-state index is -0.370. The van der Waals surface area contributed by atoms with Gasteiger partial charge in [-0.15, -0.1) is 11.3 Å². The Kier molecular flexibility index (Phi) is 5.58. The number of ether oxygens (including phenoxy) is 1. The molecule has 0 radical (unpaired) electrons. The minimum Gasteiger partial charge on any atom is -0.387 e. The molecule has 1 aliphatic rings. The Morgan fingerprint density at radius 3 is 2.94 bits per heavy atom. The average molecular weight is 458 g/mol. The molecule has 3 heterocycles. The standard InChI is InChI=1S/C25H23N5O2S/c1-27-21-8-6-17(19-13-30(25(31)23(19)21)12-15(11-26)14-32-2)16-5-7-20-18(10-16)24(29-28-20)22-4-3-9-33-22/h3-10,15,27H,12-14H2,1-2H3,(H,28,29). The van der Waals surface area contributed by atoms with E-state index in [4.69, 9.17) is 4.74 Å². The highest BCUT2D eigenvalue weighted by molar-refractivity contribution is 7.13. The van der Waals surface area contributed by atoms with Crippen molar-refractivity contribution >= 4 is 33.8 Å². The Hall–Kier alpha value is -3.67. The molecule has 1 atom stereocenters. The van der Waals surface area contributed by atoms with Gasteiger partial charge in [0, 0.05) is 38.3 Å². The van der Waals surface area contributed by atoms with Gasteiger partial charge in [-0.3, -0.25) is 9.89 Å². The van der Waals surface area contributed by atoms with E-state index in [1.54, 1.807) is 23.3 Å². The van der Waals surface area contributed by atoms with Crippen molar-refractivity contribution in [1.29, 1.82) is 5.26 Å². The number of rotatable bonds is 7. The van der Waals surface area contributed by atoms with E-state index in [9.17, 15) is 10.1 Å². The molecule has 0 saturated heterocycles. The summed E-state index contributed by atoms with van der Waals surface area (Å²) in [5.41, 5.74) is 6.39. The SMILES string of the molecule is CNc1ccc(-c2ccc3[nH]nc(-c4cccs4)c3c2)c2c1C(=O)N(CC(C#N)COC)C2. The van der Waals surface area contributed by atoms with Crippen LogP contribution < -0.4 is 5.32 Å². The number of nitriles is 1. The van der Waals surface area contributed by atoms with Crippen LogP contribution in [0.2, 0.25) is 0 Å². The van der Waals surface area contributed by atoms with Gasteiger partial charge in [-0.25, -0.2) is 0 Å². The number of carbonyl (C=O) groups is 1. The van der Waals surface area contributed by atoms with Gasteiger partial charge in [-0.05, 0) is 46.3 Å². The number of thiophene rings is 1. The zero-order valence-corrected chi connectivity index (χ0v) is 19.2. The molecule has 4 aromatic rings.